The van der Waals surface area contributed by atoms with Crippen LogP contribution < -0.4 is 70.0 Å². The molecule has 0 radical (unpaired) electrons. The molecule has 222 valence electrons. The van der Waals surface area contributed by atoms with Gasteiger partial charge in [-0.25, -0.2) is 0 Å². The van der Waals surface area contributed by atoms with Crippen molar-refractivity contribution in [3.8, 4) is 0 Å². The summed E-state index contributed by atoms with van der Waals surface area (Å²) in [6, 6.07) is -1.22. The van der Waals surface area contributed by atoms with Crippen LogP contribution in [0.2, 0.25) is 0 Å². The van der Waals surface area contributed by atoms with E-state index in [1.807, 2.05) is 0 Å². The first-order valence-corrected chi connectivity index (χ1v) is 15.2. The Labute approximate surface area is 288 Å². The third-order valence-corrected chi connectivity index (χ3v) is 6.76. The maximum absolute atomic E-state index is 12.6. The Morgan fingerprint density at radius 2 is 0.875 bits per heavy atom. The molecule has 0 aromatic rings. The molecule has 0 saturated heterocycles. The third-order valence-electron chi connectivity index (χ3n) is 6.76. The monoisotopic (exact) mass is 583 g/mol. The Hall–Kier alpha value is -0.160. The zero-order valence-electron chi connectivity index (χ0n) is 26.2. The van der Waals surface area contributed by atoms with Gasteiger partial charge in [0.15, 0.2) is 0 Å². The average Bonchev–Trinajstić information content (AvgIpc) is 2.86. The van der Waals surface area contributed by atoms with Crippen LogP contribution in [0.4, 0.5) is 0 Å². The normalized spacial score (nSPS) is 11.3. The quantitative estimate of drug-likeness (QED) is 0.0856. The molecule has 0 bridgehead atoms. The summed E-state index contributed by atoms with van der Waals surface area (Å²) in [6.07, 6.45) is 20.4. The van der Waals surface area contributed by atoms with Crippen LogP contribution in [-0.2, 0) is 19.2 Å². The van der Waals surface area contributed by atoms with Crippen LogP contribution in [0.1, 0.15) is 155 Å². The van der Waals surface area contributed by atoms with Crippen molar-refractivity contribution in [2.24, 2.45) is 0 Å². The molecule has 0 saturated carbocycles. The predicted molar refractivity (Wildman–Crippen MR) is 153 cm³/mol. The number of nitrogens with zero attached hydrogens (tertiary/aromatic N) is 1. The first kappa shape index (κ1) is 44.3. The Bertz CT molecular complexity index is 620. The number of carbonyl (C=O) groups excluding carboxylic acids is 4. The van der Waals surface area contributed by atoms with E-state index >= 15 is 0 Å². The molecule has 0 heterocycles. The fourth-order valence-electron chi connectivity index (χ4n) is 4.40. The van der Waals surface area contributed by atoms with Crippen LogP contribution in [0, 0.1) is 0 Å². The minimum atomic E-state index is -1.22. The fourth-order valence-corrected chi connectivity index (χ4v) is 4.40. The van der Waals surface area contributed by atoms with E-state index in [1.165, 1.54) is 64.2 Å². The third kappa shape index (κ3) is 28.0. The summed E-state index contributed by atoms with van der Waals surface area (Å²) in [5, 5.41) is 0.990. The zero-order chi connectivity index (χ0) is 28.4. The Kier molecular flexibility index (Phi) is 35.2. The minimum Gasteiger partial charge on any atom is -0.668 e. The molecule has 0 aromatic heterocycles. The van der Waals surface area contributed by atoms with Crippen molar-refractivity contribution in [2.75, 3.05) is 0 Å². The van der Waals surface area contributed by atoms with Gasteiger partial charge in [0.2, 0.25) is 11.8 Å². The van der Waals surface area contributed by atoms with Gasteiger partial charge in [-0.15, -0.1) is 5.12 Å². The van der Waals surface area contributed by atoms with E-state index in [4.69, 9.17) is 11.5 Å². The Morgan fingerprint density at radius 3 is 1.18 bits per heavy atom. The summed E-state index contributed by atoms with van der Waals surface area (Å²) in [4.78, 5) is 48.2. The number of nitrogens with one attached hydrogen (secondary N) is 4. The van der Waals surface area contributed by atoms with Crippen LogP contribution in [0.5, 0.6) is 0 Å². The molecule has 0 rings (SSSR count). The molecular formula is C29H55N5Na2O4. The van der Waals surface area contributed by atoms with E-state index in [0.29, 0.717) is 12.8 Å². The second-order valence-electron chi connectivity index (χ2n) is 10.4. The number of carbonyl (C=O) groups is 4. The SMILES string of the molecule is CCCCCCCCCCCC(=O)NN(NC(=O)CCCCCCCCCCC)[C@@H](CCC([NH-])=O)C([NH-])=O.[Na+].[Na+]. The molecule has 0 aliphatic carbocycles. The van der Waals surface area contributed by atoms with Gasteiger partial charge in [0, 0.05) is 18.7 Å². The fraction of sp³-hybridized carbons (Fsp3) is 0.862. The maximum atomic E-state index is 12.6. The van der Waals surface area contributed by atoms with Crippen LogP contribution in [0.25, 0.3) is 11.5 Å². The predicted octanol–water partition coefficient (Wildman–Crippen LogP) is 1.51. The van der Waals surface area contributed by atoms with E-state index in [2.05, 4.69) is 24.7 Å². The van der Waals surface area contributed by atoms with Crippen molar-refractivity contribution in [3.63, 3.8) is 0 Å². The van der Waals surface area contributed by atoms with E-state index in [1.54, 1.807) is 0 Å². The molecule has 9 nitrogen and oxygen atoms in total. The summed E-state index contributed by atoms with van der Waals surface area (Å²) in [6.45, 7) is 4.40. The van der Waals surface area contributed by atoms with Crippen molar-refractivity contribution in [3.05, 3.63) is 11.5 Å². The summed E-state index contributed by atoms with van der Waals surface area (Å²) < 4.78 is 0. The van der Waals surface area contributed by atoms with Gasteiger partial charge < -0.3 is 21.1 Å². The summed E-state index contributed by atoms with van der Waals surface area (Å²) in [5.74, 6) is -2.59. The average molecular weight is 584 g/mol. The number of amides is 4. The van der Waals surface area contributed by atoms with Gasteiger partial charge in [0.05, 0.1) is 11.9 Å². The van der Waals surface area contributed by atoms with Gasteiger partial charge in [-0.2, -0.15) is 0 Å². The first-order chi connectivity index (χ1) is 18.3. The number of unbranched alkanes of at least 4 members (excludes halogenated alkanes) is 16. The molecule has 0 fully saturated rings. The molecule has 0 unspecified atom stereocenters. The van der Waals surface area contributed by atoms with Crippen molar-refractivity contribution < 1.29 is 78.3 Å². The smallest absolute Gasteiger partial charge is 0.668 e. The van der Waals surface area contributed by atoms with Gasteiger partial charge >= 0.3 is 59.1 Å². The molecular weight excluding hydrogens is 528 g/mol. The molecule has 40 heavy (non-hydrogen) atoms. The zero-order valence-corrected chi connectivity index (χ0v) is 30.2. The van der Waals surface area contributed by atoms with Crippen LogP contribution >= 0.6 is 0 Å². The van der Waals surface area contributed by atoms with Gasteiger partial charge in [0.25, 0.3) is 0 Å². The topological polar surface area (TPSA) is 143 Å². The molecule has 0 spiro atoms. The van der Waals surface area contributed by atoms with Crippen molar-refractivity contribution in [2.45, 2.75) is 161 Å². The van der Waals surface area contributed by atoms with Crippen molar-refractivity contribution in [1.29, 1.82) is 0 Å². The molecule has 1 atom stereocenters. The molecule has 0 aliphatic heterocycles. The molecule has 4 N–H and O–H groups in total. The second kappa shape index (κ2) is 31.8. The number of hydrogen-bond donors (Lipinski definition) is 2. The number of hydrogen-bond acceptors (Lipinski definition) is 5. The van der Waals surface area contributed by atoms with Crippen molar-refractivity contribution >= 4 is 23.6 Å². The van der Waals surface area contributed by atoms with Gasteiger partial charge in [-0.05, 0) is 25.7 Å². The Morgan fingerprint density at radius 1 is 0.550 bits per heavy atom. The molecule has 4 amide bonds. The van der Waals surface area contributed by atoms with Crippen LogP contribution in [0.3, 0.4) is 0 Å². The minimum absolute atomic E-state index is 0. The summed E-state index contributed by atoms with van der Waals surface area (Å²) >= 11 is 0. The standard InChI is InChI=1S/C29H57N5O4.2Na/c1-3-5-7-9-11-13-15-17-19-21-27(36)32-34(25(29(31)38)23-24-26(30)35)33-28(37)22-20-18-16-14-12-10-8-6-4-2;;/h25H,3-24H2,1-2H3,(H6,30,31,32,33,35,36,37,38);;/q;2*+1/p-2/t25-;;/m0../s1. The van der Waals surface area contributed by atoms with Gasteiger partial charge in [0.1, 0.15) is 0 Å². The van der Waals surface area contributed by atoms with Gasteiger partial charge in [-0.1, -0.05) is 117 Å². The van der Waals surface area contributed by atoms with E-state index in [9.17, 15) is 19.2 Å². The largest absolute Gasteiger partial charge is 1.00 e. The second-order valence-corrected chi connectivity index (χ2v) is 10.4. The number of hydrazine groups is 2. The van der Waals surface area contributed by atoms with E-state index in [0.717, 1.165) is 43.6 Å². The number of rotatable bonds is 27. The summed E-state index contributed by atoms with van der Waals surface area (Å²) in [5.41, 5.74) is 19.8. The maximum Gasteiger partial charge on any atom is 1.00 e. The Balaban J connectivity index is -0.00000684. The van der Waals surface area contributed by atoms with E-state index < -0.39 is 17.9 Å². The van der Waals surface area contributed by atoms with Crippen LogP contribution in [0.15, 0.2) is 0 Å². The van der Waals surface area contributed by atoms with Gasteiger partial charge in [-0.3, -0.25) is 20.4 Å². The van der Waals surface area contributed by atoms with E-state index in [-0.39, 0.29) is 96.6 Å². The van der Waals surface area contributed by atoms with Crippen LogP contribution in [-0.4, -0.2) is 34.8 Å². The first-order valence-electron chi connectivity index (χ1n) is 15.2. The molecule has 11 heteroatoms. The summed E-state index contributed by atoms with van der Waals surface area (Å²) in [7, 11) is 0. The molecule has 0 aromatic carbocycles. The van der Waals surface area contributed by atoms with Crippen molar-refractivity contribution in [1.82, 2.24) is 16.0 Å². The molecule has 0 aliphatic rings.